The number of ether oxygens (including phenoxy) is 1. The standard InChI is InChI=1S/C22H23N5O4S2/c1-13-9-16(12-18(10-13)31-4)20(28)26-22(32)25-17-5-7-19(8-6-17)33(29,30)27-21-23-14(2)11-15(3)24-21/h5-12H,1-4H3,(H,23,24,27)(H2,25,26,28,32). The van der Waals surface area contributed by atoms with Crippen LogP contribution >= 0.6 is 12.2 Å². The highest BCUT2D eigenvalue weighted by atomic mass is 32.2. The number of thiocarbonyl (C=S) groups is 1. The van der Waals surface area contributed by atoms with E-state index in [1.54, 1.807) is 32.0 Å². The fourth-order valence-corrected chi connectivity index (χ4v) is 4.16. The van der Waals surface area contributed by atoms with E-state index in [0.717, 1.165) is 5.56 Å². The van der Waals surface area contributed by atoms with Gasteiger partial charge in [-0.15, -0.1) is 0 Å². The highest BCUT2D eigenvalue weighted by molar-refractivity contribution is 7.92. The van der Waals surface area contributed by atoms with Crippen LogP contribution < -0.4 is 20.1 Å². The van der Waals surface area contributed by atoms with Crippen molar-refractivity contribution < 1.29 is 17.9 Å². The van der Waals surface area contributed by atoms with Crippen LogP contribution in [0.3, 0.4) is 0 Å². The lowest BCUT2D eigenvalue weighted by Crippen LogP contribution is -2.34. The molecular formula is C22H23N5O4S2. The zero-order chi connectivity index (χ0) is 24.2. The van der Waals surface area contributed by atoms with Gasteiger partial charge in [-0.25, -0.2) is 23.1 Å². The van der Waals surface area contributed by atoms with E-state index < -0.39 is 15.9 Å². The van der Waals surface area contributed by atoms with Crippen molar-refractivity contribution in [3.8, 4) is 5.75 Å². The van der Waals surface area contributed by atoms with E-state index >= 15 is 0 Å². The second kappa shape index (κ2) is 9.92. The number of amides is 1. The number of methoxy groups -OCH3 is 1. The van der Waals surface area contributed by atoms with Crippen LogP contribution in [0, 0.1) is 20.8 Å². The minimum absolute atomic E-state index is 0.00590. The summed E-state index contributed by atoms with van der Waals surface area (Å²) >= 11 is 5.20. The number of hydrogen-bond acceptors (Lipinski definition) is 7. The van der Waals surface area contributed by atoms with Crippen LogP contribution in [0.2, 0.25) is 0 Å². The number of carbonyl (C=O) groups is 1. The smallest absolute Gasteiger partial charge is 0.264 e. The van der Waals surface area contributed by atoms with Crippen molar-refractivity contribution in [2.24, 2.45) is 0 Å². The van der Waals surface area contributed by atoms with Gasteiger partial charge in [0.1, 0.15) is 5.75 Å². The Morgan fingerprint density at radius 2 is 1.61 bits per heavy atom. The summed E-state index contributed by atoms with van der Waals surface area (Å²) in [7, 11) is -2.35. The number of nitrogens with one attached hydrogen (secondary N) is 3. The van der Waals surface area contributed by atoms with Crippen molar-refractivity contribution in [1.82, 2.24) is 15.3 Å². The van der Waals surface area contributed by atoms with Crippen LogP contribution in [-0.4, -0.2) is 36.5 Å². The molecule has 0 atom stereocenters. The molecule has 0 saturated carbocycles. The van der Waals surface area contributed by atoms with Crippen LogP contribution in [0.25, 0.3) is 0 Å². The Morgan fingerprint density at radius 3 is 2.21 bits per heavy atom. The molecule has 0 spiro atoms. The van der Waals surface area contributed by atoms with Gasteiger partial charge in [0.05, 0.1) is 12.0 Å². The van der Waals surface area contributed by atoms with Crippen LogP contribution in [0.1, 0.15) is 27.3 Å². The lowest BCUT2D eigenvalue weighted by molar-refractivity contribution is 0.0977. The molecule has 3 N–H and O–H groups in total. The van der Waals surface area contributed by atoms with E-state index in [9.17, 15) is 13.2 Å². The summed E-state index contributed by atoms with van der Waals surface area (Å²) in [5.74, 6) is 0.174. The van der Waals surface area contributed by atoms with E-state index in [1.165, 1.54) is 31.4 Å². The molecule has 1 aromatic heterocycles. The molecule has 33 heavy (non-hydrogen) atoms. The van der Waals surface area contributed by atoms with Gasteiger partial charge in [0, 0.05) is 22.6 Å². The number of nitrogens with zero attached hydrogens (tertiary/aromatic N) is 2. The highest BCUT2D eigenvalue weighted by Crippen LogP contribution is 2.18. The van der Waals surface area contributed by atoms with E-state index in [4.69, 9.17) is 17.0 Å². The molecule has 0 unspecified atom stereocenters. The summed E-state index contributed by atoms with van der Waals surface area (Å²) in [5.41, 5.74) is 3.08. The maximum absolute atomic E-state index is 12.6. The van der Waals surface area contributed by atoms with Gasteiger partial charge >= 0.3 is 0 Å². The zero-order valence-electron chi connectivity index (χ0n) is 18.5. The van der Waals surface area contributed by atoms with E-state index in [0.29, 0.717) is 28.4 Å². The molecule has 0 aliphatic rings. The van der Waals surface area contributed by atoms with Crippen LogP contribution in [0.15, 0.2) is 53.4 Å². The van der Waals surface area contributed by atoms with Gasteiger partial charge in [-0.05, 0) is 87.1 Å². The van der Waals surface area contributed by atoms with Gasteiger partial charge in [-0.1, -0.05) is 0 Å². The van der Waals surface area contributed by atoms with Crippen molar-refractivity contribution in [3.63, 3.8) is 0 Å². The Hall–Kier alpha value is -3.57. The zero-order valence-corrected chi connectivity index (χ0v) is 20.1. The van der Waals surface area contributed by atoms with Crippen molar-refractivity contribution in [2.75, 3.05) is 17.1 Å². The molecule has 2 aromatic carbocycles. The Morgan fingerprint density at radius 1 is 0.970 bits per heavy atom. The first-order valence-corrected chi connectivity index (χ1v) is 11.7. The Labute approximate surface area is 197 Å². The second-order valence-corrected chi connectivity index (χ2v) is 9.34. The molecular weight excluding hydrogens is 462 g/mol. The quantitative estimate of drug-likeness (QED) is 0.455. The van der Waals surface area contributed by atoms with Crippen molar-refractivity contribution >= 4 is 44.9 Å². The third kappa shape index (κ3) is 6.46. The maximum atomic E-state index is 12.6. The monoisotopic (exact) mass is 485 g/mol. The summed E-state index contributed by atoms with van der Waals surface area (Å²) in [4.78, 5) is 20.7. The predicted molar refractivity (Wildman–Crippen MR) is 130 cm³/mol. The first kappa shape index (κ1) is 24.1. The summed E-state index contributed by atoms with van der Waals surface area (Å²) in [5, 5.41) is 5.51. The summed E-state index contributed by atoms with van der Waals surface area (Å²) in [6.07, 6.45) is 0. The van der Waals surface area contributed by atoms with Gasteiger partial charge in [-0.3, -0.25) is 10.1 Å². The van der Waals surface area contributed by atoms with E-state index in [2.05, 4.69) is 25.3 Å². The largest absolute Gasteiger partial charge is 0.497 e. The molecule has 1 amide bonds. The summed E-state index contributed by atoms with van der Waals surface area (Å²) in [6.45, 7) is 5.36. The number of benzene rings is 2. The molecule has 1 heterocycles. The summed E-state index contributed by atoms with van der Waals surface area (Å²) < 4.78 is 32.8. The molecule has 3 aromatic rings. The normalized spacial score (nSPS) is 10.9. The number of aromatic nitrogens is 2. The first-order chi connectivity index (χ1) is 15.6. The predicted octanol–water partition coefficient (Wildman–Crippen LogP) is 3.34. The fraction of sp³-hybridized carbons (Fsp3) is 0.182. The second-order valence-electron chi connectivity index (χ2n) is 7.25. The molecule has 9 nitrogen and oxygen atoms in total. The molecule has 172 valence electrons. The number of aryl methyl sites for hydroxylation is 3. The van der Waals surface area contributed by atoms with Crippen LogP contribution in [-0.2, 0) is 10.0 Å². The molecule has 3 rings (SSSR count). The third-order valence-corrected chi connectivity index (χ3v) is 5.95. The summed E-state index contributed by atoms with van der Waals surface area (Å²) in [6, 6.07) is 12.8. The Balaban J connectivity index is 1.65. The lowest BCUT2D eigenvalue weighted by atomic mass is 10.1. The van der Waals surface area contributed by atoms with Crippen LogP contribution in [0.4, 0.5) is 11.6 Å². The van der Waals surface area contributed by atoms with E-state index in [1.807, 2.05) is 13.0 Å². The average molecular weight is 486 g/mol. The van der Waals surface area contributed by atoms with Crippen molar-refractivity contribution in [1.29, 1.82) is 0 Å². The minimum Gasteiger partial charge on any atom is -0.497 e. The molecule has 0 bridgehead atoms. The van der Waals surface area contributed by atoms with Gasteiger partial charge in [0.15, 0.2) is 5.11 Å². The minimum atomic E-state index is -3.88. The fourth-order valence-electron chi connectivity index (χ4n) is 3.00. The van der Waals surface area contributed by atoms with Gasteiger partial charge in [0.25, 0.3) is 15.9 Å². The molecule has 0 saturated heterocycles. The number of carbonyl (C=O) groups excluding carboxylic acids is 1. The van der Waals surface area contributed by atoms with Gasteiger partial charge in [0.2, 0.25) is 5.95 Å². The Bertz CT molecular complexity index is 1290. The topological polar surface area (TPSA) is 122 Å². The molecule has 11 heteroatoms. The van der Waals surface area contributed by atoms with Crippen molar-refractivity contribution in [3.05, 3.63) is 71.0 Å². The number of anilines is 2. The number of rotatable bonds is 6. The van der Waals surface area contributed by atoms with Crippen molar-refractivity contribution in [2.45, 2.75) is 25.7 Å². The first-order valence-electron chi connectivity index (χ1n) is 9.79. The van der Waals surface area contributed by atoms with Gasteiger partial charge < -0.3 is 10.1 Å². The molecule has 0 aliphatic carbocycles. The van der Waals surface area contributed by atoms with Crippen LogP contribution in [0.5, 0.6) is 5.75 Å². The lowest BCUT2D eigenvalue weighted by Gasteiger charge is -2.12. The number of hydrogen-bond donors (Lipinski definition) is 3. The SMILES string of the molecule is COc1cc(C)cc(C(=O)NC(=S)Nc2ccc(S(=O)(=O)Nc3nc(C)cc(C)n3)cc2)c1. The van der Waals surface area contributed by atoms with E-state index in [-0.39, 0.29) is 16.0 Å². The highest BCUT2D eigenvalue weighted by Gasteiger charge is 2.16. The molecule has 0 fully saturated rings. The molecule has 0 aliphatic heterocycles. The average Bonchev–Trinajstić information content (AvgIpc) is 2.72. The third-order valence-electron chi connectivity index (χ3n) is 4.41. The Kier molecular flexibility index (Phi) is 7.24. The molecule has 0 radical (unpaired) electrons. The maximum Gasteiger partial charge on any atom is 0.264 e. The number of sulfonamides is 1. The van der Waals surface area contributed by atoms with Gasteiger partial charge in [-0.2, -0.15) is 0 Å².